The van der Waals surface area contributed by atoms with Crippen molar-refractivity contribution < 1.29 is 36.6 Å². The van der Waals surface area contributed by atoms with Gasteiger partial charge in [-0.3, -0.25) is 9.59 Å². The van der Waals surface area contributed by atoms with Crippen molar-refractivity contribution in [1.82, 2.24) is 10.6 Å². The average molecular weight is 489 g/mol. The van der Waals surface area contributed by atoms with E-state index in [1.165, 1.54) is 24.3 Å². The van der Waals surface area contributed by atoms with Gasteiger partial charge >= 0.3 is 6.18 Å². The highest BCUT2D eigenvalue weighted by molar-refractivity contribution is 6.30. The van der Waals surface area contributed by atoms with E-state index in [-0.39, 0.29) is 42.5 Å². The first-order chi connectivity index (χ1) is 15.6. The third-order valence-corrected chi connectivity index (χ3v) is 5.25. The van der Waals surface area contributed by atoms with E-state index >= 15 is 0 Å². The number of nitrogens with one attached hydrogen (secondary N) is 2. The zero-order valence-corrected chi connectivity index (χ0v) is 18.0. The smallest absolute Gasteiger partial charge is 0.416 e. The van der Waals surface area contributed by atoms with Crippen molar-refractivity contribution >= 4 is 23.4 Å². The Labute approximate surface area is 192 Å². The fourth-order valence-electron chi connectivity index (χ4n) is 3.17. The van der Waals surface area contributed by atoms with Gasteiger partial charge < -0.3 is 20.1 Å². The molecule has 1 fully saturated rings. The number of hydrogen-bond acceptors (Lipinski definition) is 4. The van der Waals surface area contributed by atoms with Crippen molar-refractivity contribution in [1.29, 1.82) is 0 Å². The number of benzene rings is 2. The Balaban J connectivity index is 1.36. The summed E-state index contributed by atoms with van der Waals surface area (Å²) < 4.78 is 61.9. The van der Waals surface area contributed by atoms with E-state index in [2.05, 4.69) is 10.6 Å². The molecule has 0 aliphatic carbocycles. The summed E-state index contributed by atoms with van der Waals surface area (Å²) in [6.07, 6.45) is -4.29. The zero-order chi connectivity index (χ0) is 24.0. The number of hydrogen-bond donors (Lipinski definition) is 2. The molecule has 0 aromatic heterocycles. The molecule has 2 amide bonds. The van der Waals surface area contributed by atoms with Gasteiger partial charge in [-0.1, -0.05) is 23.7 Å². The SMILES string of the molecule is O=C(COc1ccc(Cl)c(F)c1)N[C@@H]1CC[C@@H](C(=O)NCc2ccc(C(F)(F)F)cc2)OC1. The predicted molar refractivity (Wildman–Crippen MR) is 111 cm³/mol. The van der Waals surface area contributed by atoms with Gasteiger partial charge in [0.15, 0.2) is 6.61 Å². The van der Waals surface area contributed by atoms with Gasteiger partial charge in [0, 0.05) is 12.6 Å². The molecule has 2 aromatic carbocycles. The van der Waals surface area contributed by atoms with Gasteiger partial charge in [0.25, 0.3) is 5.91 Å². The van der Waals surface area contributed by atoms with Crippen LogP contribution in [0.3, 0.4) is 0 Å². The number of alkyl halides is 3. The van der Waals surface area contributed by atoms with Crippen LogP contribution in [-0.4, -0.2) is 37.2 Å². The Morgan fingerprint density at radius 2 is 1.85 bits per heavy atom. The van der Waals surface area contributed by atoms with Crippen LogP contribution in [0.4, 0.5) is 17.6 Å². The molecule has 1 aliphatic rings. The van der Waals surface area contributed by atoms with Crippen LogP contribution in [0.1, 0.15) is 24.0 Å². The van der Waals surface area contributed by atoms with Crippen LogP contribution in [0, 0.1) is 5.82 Å². The molecular formula is C22H21ClF4N2O4. The molecule has 33 heavy (non-hydrogen) atoms. The lowest BCUT2D eigenvalue weighted by Gasteiger charge is -2.28. The largest absolute Gasteiger partial charge is 0.484 e. The minimum absolute atomic E-state index is 0.0518. The number of carbonyl (C=O) groups excluding carboxylic acids is 2. The summed E-state index contributed by atoms with van der Waals surface area (Å²) in [7, 11) is 0. The molecule has 1 heterocycles. The molecule has 2 aromatic rings. The van der Waals surface area contributed by atoms with Crippen molar-refractivity contribution in [3.63, 3.8) is 0 Å². The maximum Gasteiger partial charge on any atom is 0.416 e. The number of carbonyl (C=O) groups is 2. The van der Waals surface area contributed by atoms with Crippen LogP contribution >= 0.6 is 11.6 Å². The van der Waals surface area contributed by atoms with Crippen molar-refractivity contribution in [3.05, 3.63) is 64.4 Å². The van der Waals surface area contributed by atoms with Crippen LogP contribution in [0.25, 0.3) is 0 Å². The first-order valence-electron chi connectivity index (χ1n) is 10.0. The van der Waals surface area contributed by atoms with Crippen LogP contribution in [0.2, 0.25) is 5.02 Å². The normalized spacial score (nSPS) is 18.5. The topological polar surface area (TPSA) is 76.7 Å². The maximum absolute atomic E-state index is 13.4. The van der Waals surface area contributed by atoms with Crippen molar-refractivity contribution in [3.8, 4) is 5.75 Å². The lowest BCUT2D eigenvalue weighted by atomic mass is 10.0. The quantitative estimate of drug-likeness (QED) is 0.580. The summed E-state index contributed by atoms with van der Waals surface area (Å²) in [6.45, 7) is -0.145. The molecule has 6 nitrogen and oxygen atoms in total. The summed E-state index contributed by atoms with van der Waals surface area (Å²) in [5.74, 6) is -1.30. The third kappa shape index (κ3) is 7.33. The highest BCUT2D eigenvalue weighted by atomic mass is 35.5. The Morgan fingerprint density at radius 3 is 2.45 bits per heavy atom. The molecule has 11 heteroatoms. The van der Waals surface area contributed by atoms with Gasteiger partial charge in [-0.15, -0.1) is 0 Å². The molecule has 178 valence electrons. The van der Waals surface area contributed by atoms with Crippen molar-refractivity contribution in [2.45, 2.75) is 37.7 Å². The van der Waals surface area contributed by atoms with Crippen LogP contribution < -0.4 is 15.4 Å². The highest BCUT2D eigenvalue weighted by Gasteiger charge is 2.30. The summed E-state index contributed by atoms with van der Waals surface area (Å²) in [6, 6.07) is 8.04. The lowest BCUT2D eigenvalue weighted by Crippen LogP contribution is -2.48. The summed E-state index contributed by atoms with van der Waals surface area (Å²) in [4.78, 5) is 24.3. The van der Waals surface area contributed by atoms with E-state index < -0.39 is 29.6 Å². The second-order valence-electron chi connectivity index (χ2n) is 7.44. The second kappa shape index (κ2) is 10.8. The molecule has 2 atom stereocenters. The highest BCUT2D eigenvalue weighted by Crippen LogP contribution is 2.29. The van der Waals surface area contributed by atoms with Gasteiger partial charge in [0.05, 0.1) is 23.2 Å². The van der Waals surface area contributed by atoms with Gasteiger partial charge in [-0.2, -0.15) is 13.2 Å². The number of ether oxygens (including phenoxy) is 2. The van der Waals surface area contributed by atoms with Crippen molar-refractivity contribution in [2.24, 2.45) is 0 Å². The average Bonchev–Trinajstić information content (AvgIpc) is 2.78. The fraction of sp³-hybridized carbons (Fsp3) is 0.364. The van der Waals surface area contributed by atoms with Crippen LogP contribution in [0.15, 0.2) is 42.5 Å². The van der Waals surface area contributed by atoms with E-state index in [0.717, 1.165) is 18.2 Å². The molecule has 3 rings (SSSR count). The molecule has 0 unspecified atom stereocenters. The fourth-order valence-corrected chi connectivity index (χ4v) is 3.29. The summed E-state index contributed by atoms with van der Waals surface area (Å²) in [5, 5.41) is 5.30. The van der Waals surface area contributed by atoms with E-state index in [1.54, 1.807) is 0 Å². The molecule has 0 bridgehead atoms. The second-order valence-corrected chi connectivity index (χ2v) is 7.85. The molecule has 1 saturated heterocycles. The molecule has 0 spiro atoms. The first-order valence-corrected chi connectivity index (χ1v) is 10.4. The zero-order valence-electron chi connectivity index (χ0n) is 17.3. The monoisotopic (exact) mass is 488 g/mol. The Morgan fingerprint density at radius 1 is 1.12 bits per heavy atom. The van der Waals surface area contributed by atoms with Crippen LogP contribution in [-0.2, 0) is 27.0 Å². The standard InChI is InChI=1S/C22H21ClF4N2O4/c23-17-7-6-16(9-18(17)24)32-12-20(30)29-15-5-8-19(33-11-15)21(31)28-10-13-1-3-14(4-2-13)22(25,26)27/h1-4,6-7,9,15,19H,5,8,10-12H2,(H,28,31)(H,29,30)/t15-,19+/m1/s1. The van der Waals surface area contributed by atoms with Gasteiger partial charge in [-0.05, 0) is 42.7 Å². The molecular weight excluding hydrogens is 468 g/mol. The van der Waals surface area contributed by atoms with Gasteiger partial charge in [0.1, 0.15) is 17.7 Å². The van der Waals surface area contributed by atoms with E-state index in [0.29, 0.717) is 18.4 Å². The molecule has 0 saturated carbocycles. The lowest BCUT2D eigenvalue weighted by molar-refractivity contribution is -0.138. The van der Waals surface area contributed by atoms with E-state index in [9.17, 15) is 27.2 Å². The Hall–Kier alpha value is -2.85. The van der Waals surface area contributed by atoms with E-state index in [4.69, 9.17) is 21.1 Å². The number of rotatable bonds is 7. The Kier molecular flexibility index (Phi) is 8.15. The third-order valence-electron chi connectivity index (χ3n) is 4.94. The van der Waals surface area contributed by atoms with Crippen LogP contribution in [0.5, 0.6) is 5.75 Å². The number of amides is 2. The molecule has 2 N–H and O–H groups in total. The summed E-state index contributed by atoms with van der Waals surface area (Å²) >= 11 is 5.59. The molecule has 1 aliphatic heterocycles. The summed E-state index contributed by atoms with van der Waals surface area (Å²) in [5.41, 5.74) is -0.232. The minimum atomic E-state index is -4.41. The predicted octanol–water partition coefficient (Wildman–Crippen LogP) is 3.86. The minimum Gasteiger partial charge on any atom is -0.484 e. The van der Waals surface area contributed by atoms with Gasteiger partial charge in [-0.25, -0.2) is 4.39 Å². The van der Waals surface area contributed by atoms with Crippen molar-refractivity contribution in [2.75, 3.05) is 13.2 Å². The van der Waals surface area contributed by atoms with E-state index in [1.807, 2.05) is 0 Å². The molecule has 0 radical (unpaired) electrons. The first kappa shape index (κ1) is 24.8. The Bertz CT molecular complexity index is 977. The number of halogens is 5. The van der Waals surface area contributed by atoms with Gasteiger partial charge in [0.2, 0.25) is 5.91 Å². The maximum atomic E-state index is 13.4.